The smallest absolute Gasteiger partial charge is 0.154 e. The van der Waals surface area contributed by atoms with Gasteiger partial charge in [-0.05, 0) is 6.08 Å². The first-order valence-electron chi connectivity index (χ1n) is 2.22. The zero-order valence-corrected chi connectivity index (χ0v) is 4.92. The van der Waals surface area contributed by atoms with Gasteiger partial charge in [-0.1, -0.05) is 13.5 Å². The Hall–Kier alpha value is -1.10. The van der Waals surface area contributed by atoms with E-state index in [0.717, 1.165) is 0 Å². The van der Waals surface area contributed by atoms with Crippen molar-refractivity contribution in [2.75, 3.05) is 0 Å². The summed E-state index contributed by atoms with van der Waals surface area (Å²) in [5.41, 5.74) is 0. The van der Waals surface area contributed by atoms with Gasteiger partial charge in [0.15, 0.2) is 5.78 Å². The molecule has 0 aliphatic carbocycles. The average Bonchev–Trinajstić information content (AvgIpc) is 1.91. The fourth-order valence-corrected chi connectivity index (χ4v) is 0.144. The van der Waals surface area contributed by atoms with E-state index in [1.54, 1.807) is 0 Å². The van der Waals surface area contributed by atoms with Gasteiger partial charge in [-0.15, -0.1) is 0 Å². The standard InChI is InChI=1S/C5H8O.CHN/c1-3-5(6)4-2;1-2/h3H,1,4H2,2H3;1H. The van der Waals surface area contributed by atoms with Crippen LogP contribution < -0.4 is 0 Å². The molecule has 2 heteroatoms. The van der Waals surface area contributed by atoms with Gasteiger partial charge in [-0.25, -0.2) is 5.26 Å². The lowest BCUT2D eigenvalue weighted by molar-refractivity contribution is -0.114. The Labute approximate surface area is 49.4 Å². The summed E-state index contributed by atoms with van der Waals surface area (Å²) in [6.07, 6.45) is 1.91. The van der Waals surface area contributed by atoms with Gasteiger partial charge < -0.3 is 0 Å². The summed E-state index contributed by atoms with van der Waals surface area (Å²) in [6, 6.07) is 0. The molecule has 0 fully saturated rings. The van der Waals surface area contributed by atoms with Crippen LogP contribution in [0.5, 0.6) is 0 Å². The summed E-state index contributed by atoms with van der Waals surface area (Å²) >= 11 is 0. The molecule has 0 heterocycles. The maximum absolute atomic E-state index is 10.1. The zero-order valence-electron chi connectivity index (χ0n) is 4.92. The summed E-state index contributed by atoms with van der Waals surface area (Å²) in [5, 5.41) is 6.50. The number of carbonyl (C=O) groups is 1. The average molecular weight is 111 g/mol. The lowest BCUT2D eigenvalue weighted by Crippen LogP contribution is -1.83. The van der Waals surface area contributed by atoms with E-state index in [0.29, 0.717) is 6.42 Å². The van der Waals surface area contributed by atoms with Crippen molar-refractivity contribution in [2.45, 2.75) is 13.3 Å². The third-order valence-electron chi connectivity index (χ3n) is 0.576. The van der Waals surface area contributed by atoms with Gasteiger partial charge in [0.05, 0.1) is 0 Å². The van der Waals surface area contributed by atoms with Crippen LogP contribution >= 0.6 is 0 Å². The first-order chi connectivity index (χ1) is 3.81. The minimum Gasteiger partial charge on any atom is -0.295 e. The van der Waals surface area contributed by atoms with Crippen molar-refractivity contribution < 1.29 is 4.79 Å². The van der Waals surface area contributed by atoms with Crippen molar-refractivity contribution in [3.8, 4) is 6.57 Å². The summed E-state index contributed by atoms with van der Waals surface area (Å²) in [4.78, 5) is 10.1. The molecule has 0 aromatic heterocycles. The number of nitriles is 1. The highest BCUT2D eigenvalue weighted by atomic mass is 16.1. The highest BCUT2D eigenvalue weighted by molar-refractivity contribution is 5.88. The molecule has 0 aromatic rings. The molecule has 8 heavy (non-hydrogen) atoms. The van der Waals surface area contributed by atoms with Crippen LogP contribution in [0.2, 0.25) is 0 Å². The molecule has 0 atom stereocenters. The molecular weight excluding hydrogens is 102 g/mol. The number of rotatable bonds is 2. The van der Waals surface area contributed by atoms with Gasteiger partial charge in [0.25, 0.3) is 0 Å². The van der Waals surface area contributed by atoms with Crippen molar-refractivity contribution in [3.63, 3.8) is 0 Å². The quantitative estimate of drug-likeness (QED) is 0.504. The summed E-state index contributed by atoms with van der Waals surface area (Å²) < 4.78 is 0. The van der Waals surface area contributed by atoms with Crippen LogP contribution in [0.15, 0.2) is 12.7 Å². The molecule has 0 saturated carbocycles. The SMILES string of the molecule is C#N.C=CC(=O)CC. The van der Waals surface area contributed by atoms with Crippen molar-refractivity contribution in [2.24, 2.45) is 0 Å². The topological polar surface area (TPSA) is 40.9 Å². The van der Waals surface area contributed by atoms with Crippen LogP contribution in [-0.4, -0.2) is 5.78 Å². The highest BCUT2D eigenvalue weighted by Crippen LogP contribution is 1.76. The van der Waals surface area contributed by atoms with Crippen LogP contribution in [0.1, 0.15) is 13.3 Å². The Kier molecular flexibility index (Phi) is 11.6. The minimum atomic E-state index is 0.106. The van der Waals surface area contributed by atoms with Gasteiger partial charge in [-0.2, -0.15) is 0 Å². The van der Waals surface area contributed by atoms with E-state index in [2.05, 4.69) is 13.2 Å². The molecule has 0 aliphatic heterocycles. The molecular formula is C6H9NO. The molecule has 0 amide bonds. The number of carbonyl (C=O) groups excluding carboxylic acids is 1. The normalized spacial score (nSPS) is 5.88. The highest BCUT2D eigenvalue weighted by Gasteiger charge is 1.81. The Balaban J connectivity index is 0. The first-order valence-corrected chi connectivity index (χ1v) is 2.22. The van der Waals surface area contributed by atoms with Crippen LogP contribution in [0, 0.1) is 11.8 Å². The Morgan fingerprint density at radius 2 is 2.25 bits per heavy atom. The molecule has 0 aromatic carbocycles. The van der Waals surface area contributed by atoms with E-state index in [1.807, 2.05) is 6.92 Å². The lowest BCUT2D eigenvalue weighted by Gasteiger charge is -1.75. The molecule has 0 N–H and O–H groups in total. The molecule has 2 nitrogen and oxygen atoms in total. The molecule has 0 rings (SSSR count). The van der Waals surface area contributed by atoms with E-state index in [9.17, 15) is 4.79 Å². The van der Waals surface area contributed by atoms with E-state index in [-0.39, 0.29) is 5.78 Å². The van der Waals surface area contributed by atoms with Crippen molar-refractivity contribution >= 4 is 5.78 Å². The predicted octanol–water partition coefficient (Wildman–Crippen LogP) is 1.29. The zero-order chi connectivity index (χ0) is 6.99. The Morgan fingerprint density at radius 1 is 1.88 bits per heavy atom. The largest absolute Gasteiger partial charge is 0.295 e. The molecule has 44 valence electrons. The number of hydrogen-bond acceptors (Lipinski definition) is 2. The fourth-order valence-electron chi connectivity index (χ4n) is 0.144. The third-order valence-corrected chi connectivity index (χ3v) is 0.576. The van der Waals surface area contributed by atoms with Crippen LogP contribution in [-0.2, 0) is 4.79 Å². The van der Waals surface area contributed by atoms with Crippen molar-refractivity contribution in [1.82, 2.24) is 0 Å². The van der Waals surface area contributed by atoms with Gasteiger partial charge in [-0.3, -0.25) is 4.79 Å². The maximum Gasteiger partial charge on any atom is 0.154 e. The lowest BCUT2D eigenvalue weighted by atomic mass is 10.3. The molecule has 0 unspecified atom stereocenters. The fraction of sp³-hybridized carbons (Fsp3) is 0.333. The van der Waals surface area contributed by atoms with Gasteiger partial charge in [0, 0.05) is 13.0 Å². The van der Waals surface area contributed by atoms with E-state index in [1.165, 1.54) is 6.08 Å². The molecule has 0 radical (unpaired) electrons. The monoisotopic (exact) mass is 111 g/mol. The van der Waals surface area contributed by atoms with E-state index in [4.69, 9.17) is 5.26 Å². The molecule has 0 bridgehead atoms. The Bertz CT molecular complexity index is 93.9. The second kappa shape index (κ2) is 9.31. The second-order valence-electron chi connectivity index (χ2n) is 1.02. The molecule has 0 aliphatic rings. The number of nitrogens with zero attached hydrogens (tertiary/aromatic N) is 1. The number of allylic oxidation sites excluding steroid dienone is 1. The summed E-state index contributed by atoms with van der Waals surface area (Å²) in [7, 11) is 0. The minimum absolute atomic E-state index is 0.106. The Morgan fingerprint density at radius 3 is 2.25 bits per heavy atom. The van der Waals surface area contributed by atoms with E-state index < -0.39 is 0 Å². The van der Waals surface area contributed by atoms with Gasteiger partial charge in [0.2, 0.25) is 0 Å². The maximum atomic E-state index is 10.1. The van der Waals surface area contributed by atoms with Crippen molar-refractivity contribution in [1.29, 1.82) is 5.26 Å². The van der Waals surface area contributed by atoms with Gasteiger partial charge in [0.1, 0.15) is 0 Å². The summed E-state index contributed by atoms with van der Waals surface area (Å²) in [6.45, 7) is 8.59. The predicted molar refractivity (Wildman–Crippen MR) is 32.2 cm³/mol. The third kappa shape index (κ3) is 8.86. The number of ketones is 1. The second-order valence-corrected chi connectivity index (χ2v) is 1.02. The van der Waals surface area contributed by atoms with E-state index >= 15 is 0 Å². The van der Waals surface area contributed by atoms with Gasteiger partial charge >= 0.3 is 0 Å². The van der Waals surface area contributed by atoms with Crippen LogP contribution in [0.25, 0.3) is 0 Å². The molecule has 0 saturated heterocycles. The summed E-state index contributed by atoms with van der Waals surface area (Å²) in [5.74, 6) is 0.106. The molecule has 0 spiro atoms. The number of hydrogen-bond donors (Lipinski definition) is 0. The first kappa shape index (κ1) is 10.0. The van der Waals surface area contributed by atoms with Crippen LogP contribution in [0.3, 0.4) is 0 Å². The van der Waals surface area contributed by atoms with Crippen molar-refractivity contribution in [3.05, 3.63) is 12.7 Å². The van der Waals surface area contributed by atoms with Crippen LogP contribution in [0.4, 0.5) is 0 Å².